The lowest BCUT2D eigenvalue weighted by molar-refractivity contribution is 0.103. The second-order valence-corrected chi connectivity index (χ2v) is 14.9. The Balaban J connectivity index is 1.69. The van der Waals surface area contributed by atoms with Crippen LogP contribution in [-0.4, -0.2) is 35.8 Å². The number of fused-ring (bicyclic) bond motifs is 1. The maximum atomic E-state index is 13.4. The Morgan fingerprint density at radius 1 is 0.733 bits per heavy atom. The molecule has 0 aliphatic carbocycles. The van der Waals surface area contributed by atoms with Crippen LogP contribution in [0.1, 0.15) is 56.5 Å². The highest BCUT2D eigenvalue weighted by molar-refractivity contribution is 7.87. The van der Waals surface area contributed by atoms with Crippen molar-refractivity contribution >= 4 is 60.0 Å². The van der Waals surface area contributed by atoms with Gasteiger partial charge in [0.15, 0.2) is 5.78 Å². The lowest BCUT2D eigenvalue weighted by atomic mass is 10.0. The fourth-order valence-electron chi connectivity index (χ4n) is 4.11. The first-order chi connectivity index (χ1) is 21.2. The summed E-state index contributed by atoms with van der Waals surface area (Å²) in [6, 6.07) is 18.0. The summed E-state index contributed by atoms with van der Waals surface area (Å²) in [5.41, 5.74) is 0.629. The molecule has 2 unspecified atom stereocenters. The van der Waals surface area contributed by atoms with Gasteiger partial charge in [0.25, 0.3) is 20.2 Å². The van der Waals surface area contributed by atoms with Crippen LogP contribution in [0.25, 0.3) is 10.8 Å². The molecule has 4 aromatic rings. The van der Waals surface area contributed by atoms with Gasteiger partial charge in [0, 0.05) is 21.5 Å². The number of benzene rings is 4. The van der Waals surface area contributed by atoms with Crippen LogP contribution in [0.5, 0.6) is 11.5 Å². The third-order valence-corrected chi connectivity index (χ3v) is 10.5. The van der Waals surface area contributed by atoms with Crippen molar-refractivity contribution in [1.82, 2.24) is 0 Å². The summed E-state index contributed by atoms with van der Waals surface area (Å²) in [5, 5.41) is 1.20. The van der Waals surface area contributed by atoms with Crippen molar-refractivity contribution in [2.45, 2.75) is 50.3 Å². The average Bonchev–Trinajstić information content (AvgIpc) is 3.03. The van der Waals surface area contributed by atoms with Crippen LogP contribution >= 0.6 is 23.2 Å². The van der Waals surface area contributed by atoms with Gasteiger partial charge in [-0.15, -0.1) is 0 Å². The van der Waals surface area contributed by atoms with Gasteiger partial charge < -0.3 is 4.74 Å². The SMILES string of the molecule is CCC(C)COS(=O)(=O)c1cc(S(=O)(=O)OCC(C)CC)c2cc(Oc3ccc(C(=O)c4cc(Cl)ccc4Cl)cc3)ccc2c1. The normalized spacial score (nSPS) is 13.5. The number of ether oxygens (including phenoxy) is 1. The fourth-order valence-corrected chi connectivity index (χ4v) is 6.89. The monoisotopic (exact) mass is 692 g/mol. The van der Waals surface area contributed by atoms with Gasteiger partial charge in [0.2, 0.25) is 0 Å². The van der Waals surface area contributed by atoms with E-state index < -0.39 is 20.2 Å². The Bertz CT molecular complexity index is 1910. The molecule has 2 atom stereocenters. The molecule has 0 aromatic heterocycles. The molecule has 8 nitrogen and oxygen atoms in total. The molecule has 4 rings (SSSR count). The van der Waals surface area contributed by atoms with Crippen molar-refractivity contribution in [3.8, 4) is 11.5 Å². The van der Waals surface area contributed by atoms with Crippen LogP contribution in [0.15, 0.2) is 82.6 Å². The van der Waals surface area contributed by atoms with E-state index in [0.717, 1.165) is 6.07 Å². The molecule has 45 heavy (non-hydrogen) atoms. The number of carbonyl (C=O) groups is 1. The fraction of sp³-hybridized carbons (Fsp3) is 0.303. The van der Waals surface area contributed by atoms with E-state index in [1.807, 2.05) is 27.7 Å². The van der Waals surface area contributed by atoms with E-state index in [9.17, 15) is 21.6 Å². The van der Waals surface area contributed by atoms with Crippen LogP contribution in [0.3, 0.4) is 0 Å². The Labute approximate surface area is 274 Å². The minimum atomic E-state index is -4.38. The molecule has 4 aromatic carbocycles. The molecule has 0 aliphatic rings. The predicted molar refractivity (Wildman–Crippen MR) is 176 cm³/mol. The second-order valence-electron chi connectivity index (χ2n) is 10.9. The zero-order valence-electron chi connectivity index (χ0n) is 25.2. The van der Waals surface area contributed by atoms with Crippen molar-refractivity contribution in [3.05, 3.63) is 94.0 Å². The summed E-state index contributed by atoms with van der Waals surface area (Å²) in [6.07, 6.45) is 1.41. The Morgan fingerprint density at radius 2 is 1.33 bits per heavy atom. The molecular weight excluding hydrogens is 659 g/mol. The first kappa shape index (κ1) is 34.9. The number of carbonyl (C=O) groups excluding carboxylic acids is 1. The van der Waals surface area contributed by atoms with E-state index in [-0.39, 0.29) is 62.3 Å². The highest BCUT2D eigenvalue weighted by atomic mass is 35.5. The third kappa shape index (κ3) is 8.64. The zero-order chi connectivity index (χ0) is 32.9. The van der Waals surface area contributed by atoms with Crippen molar-refractivity contribution in [3.63, 3.8) is 0 Å². The topological polar surface area (TPSA) is 113 Å². The van der Waals surface area contributed by atoms with Gasteiger partial charge in [0.1, 0.15) is 16.4 Å². The summed E-state index contributed by atoms with van der Waals surface area (Å²) in [5.74, 6) is 0.287. The van der Waals surface area contributed by atoms with Crippen molar-refractivity contribution in [2.75, 3.05) is 13.2 Å². The van der Waals surface area contributed by atoms with E-state index in [0.29, 0.717) is 34.6 Å². The third-order valence-electron chi connectivity index (χ3n) is 7.35. The molecule has 0 radical (unpaired) electrons. The van der Waals surface area contributed by atoms with Crippen molar-refractivity contribution in [2.24, 2.45) is 11.8 Å². The molecule has 0 aliphatic heterocycles. The van der Waals surface area contributed by atoms with E-state index >= 15 is 0 Å². The van der Waals surface area contributed by atoms with E-state index in [1.165, 1.54) is 18.2 Å². The first-order valence-corrected chi connectivity index (χ1v) is 18.0. The minimum absolute atomic E-state index is 0.0103. The number of halogens is 2. The Morgan fingerprint density at radius 3 is 1.96 bits per heavy atom. The van der Waals surface area contributed by atoms with Gasteiger partial charge in [0.05, 0.1) is 23.1 Å². The molecule has 0 heterocycles. The number of ketones is 1. The lowest BCUT2D eigenvalue weighted by Gasteiger charge is -2.15. The molecule has 12 heteroatoms. The van der Waals surface area contributed by atoms with Crippen molar-refractivity contribution < 1.29 is 34.7 Å². The molecule has 0 N–H and O–H groups in total. The summed E-state index contributed by atoms with van der Waals surface area (Å²) < 4.78 is 69.6. The molecule has 0 saturated carbocycles. The van der Waals surface area contributed by atoms with Crippen LogP contribution in [0, 0.1) is 11.8 Å². The van der Waals surface area contributed by atoms with Crippen LogP contribution < -0.4 is 4.74 Å². The van der Waals surface area contributed by atoms with Crippen LogP contribution in [0.4, 0.5) is 0 Å². The molecule has 0 fully saturated rings. The van der Waals surface area contributed by atoms with Crippen LogP contribution in [0.2, 0.25) is 10.0 Å². The van der Waals surface area contributed by atoms with Crippen LogP contribution in [-0.2, 0) is 28.6 Å². The largest absolute Gasteiger partial charge is 0.457 e. The minimum Gasteiger partial charge on any atom is -0.457 e. The Kier molecular flexibility index (Phi) is 11.3. The summed E-state index contributed by atoms with van der Waals surface area (Å²) in [4.78, 5) is 12.4. The van der Waals surface area contributed by atoms with Gasteiger partial charge in [-0.2, -0.15) is 16.8 Å². The molecule has 0 bridgehead atoms. The molecular formula is C33H34Cl2O8S2. The number of hydrogen-bond donors (Lipinski definition) is 0. The molecule has 240 valence electrons. The van der Waals surface area contributed by atoms with Gasteiger partial charge in [-0.1, -0.05) is 69.8 Å². The summed E-state index contributed by atoms with van der Waals surface area (Å²) >= 11 is 12.2. The molecule has 0 spiro atoms. The van der Waals surface area contributed by atoms with E-state index in [2.05, 4.69) is 0 Å². The smallest absolute Gasteiger partial charge is 0.297 e. The zero-order valence-corrected chi connectivity index (χ0v) is 28.4. The van der Waals surface area contributed by atoms with Gasteiger partial charge in [-0.05, 0) is 84.0 Å². The van der Waals surface area contributed by atoms with Crippen molar-refractivity contribution in [1.29, 1.82) is 0 Å². The maximum Gasteiger partial charge on any atom is 0.297 e. The highest BCUT2D eigenvalue weighted by Crippen LogP contribution is 2.34. The summed E-state index contributed by atoms with van der Waals surface area (Å²) in [6.45, 7) is 7.44. The second kappa shape index (κ2) is 14.6. The number of hydrogen-bond acceptors (Lipinski definition) is 8. The number of rotatable bonds is 14. The van der Waals surface area contributed by atoms with Gasteiger partial charge in [-0.3, -0.25) is 13.2 Å². The summed E-state index contributed by atoms with van der Waals surface area (Å²) in [7, 11) is -8.65. The molecule has 0 amide bonds. The van der Waals surface area contributed by atoms with E-state index in [1.54, 1.807) is 48.5 Å². The highest BCUT2D eigenvalue weighted by Gasteiger charge is 2.26. The van der Waals surface area contributed by atoms with Gasteiger partial charge in [-0.25, -0.2) is 0 Å². The lowest BCUT2D eigenvalue weighted by Crippen LogP contribution is -2.15. The first-order valence-electron chi connectivity index (χ1n) is 14.4. The average molecular weight is 694 g/mol. The quantitative estimate of drug-likeness (QED) is 0.0953. The molecule has 0 saturated heterocycles. The van der Waals surface area contributed by atoms with Gasteiger partial charge >= 0.3 is 0 Å². The predicted octanol–water partition coefficient (Wildman–Crippen LogP) is 8.67. The van der Waals surface area contributed by atoms with E-state index in [4.69, 9.17) is 36.3 Å². The standard InChI is InChI=1S/C33H34Cl2O8S2/c1-5-21(3)19-41-44(37,38)28-15-24-9-13-27(17-29(24)32(18-28)45(39,40)42-20-22(4)6-2)43-26-11-7-23(8-12-26)33(36)30-16-25(34)10-14-31(30)35/h7-18,21-22H,5-6,19-20H2,1-4H3. The Hall–Kier alpha value is -2.99. The maximum absolute atomic E-state index is 13.4.